The molecule has 14 heavy (non-hydrogen) atoms. The van der Waals surface area contributed by atoms with Crippen molar-refractivity contribution >= 4 is 40.3 Å². The molecule has 0 aliphatic carbocycles. The van der Waals surface area contributed by atoms with E-state index in [4.69, 9.17) is 5.73 Å². The molecule has 0 aromatic carbocycles. The van der Waals surface area contributed by atoms with E-state index in [1.807, 2.05) is 19.2 Å². The Kier molecular flexibility index (Phi) is 11.0. The van der Waals surface area contributed by atoms with Crippen LogP contribution in [0.5, 0.6) is 0 Å². The monoisotopic (exact) mass is 289 g/mol. The van der Waals surface area contributed by atoms with Gasteiger partial charge in [0.15, 0.2) is 0 Å². The van der Waals surface area contributed by atoms with E-state index in [-0.39, 0.29) is 24.5 Å². The lowest BCUT2D eigenvalue weighted by Gasteiger charge is -2.21. The molecule has 0 saturated heterocycles. The summed E-state index contributed by atoms with van der Waals surface area (Å²) in [5, 5.41) is 2.04. The van der Waals surface area contributed by atoms with E-state index in [1.54, 1.807) is 0 Å². The summed E-state index contributed by atoms with van der Waals surface area (Å²) < 4.78 is -0.665. The maximum Gasteiger partial charge on any atom is 0.318 e. The molecule has 5 nitrogen and oxygen atoms in total. The summed E-state index contributed by atoms with van der Waals surface area (Å²) in [7, 11) is 0. The van der Waals surface area contributed by atoms with Crippen molar-refractivity contribution in [3.05, 3.63) is 0 Å². The van der Waals surface area contributed by atoms with Gasteiger partial charge in [0.05, 0.1) is 0 Å². The number of imide groups is 1. The highest BCUT2D eigenvalue weighted by molar-refractivity contribution is 9.10. The van der Waals surface area contributed by atoms with Crippen LogP contribution in [0, 0.1) is 0 Å². The molecular formula is C7H17BrClN3O2. The van der Waals surface area contributed by atoms with Gasteiger partial charge < -0.3 is 11.9 Å². The molecule has 0 fully saturated rings. The Morgan fingerprint density at radius 3 is 1.93 bits per heavy atom. The second-order valence-electron chi connectivity index (χ2n) is 2.49. The first-order valence-corrected chi connectivity index (χ1v) is 4.55. The molecule has 7 heteroatoms. The summed E-state index contributed by atoms with van der Waals surface area (Å²) in [6.07, 6.45) is 1.23. The van der Waals surface area contributed by atoms with Crippen LogP contribution in [-0.4, -0.2) is 16.3 Å². The van der Waals surface area contributed by atoms with E-state index >= 15 is 0 Å². The van der Waals surface area contributed by atoms with Crippen molar-refractivity contribution < 1.29 is 9.59 Å². The highest BCUT2D eigenvalue weighted by atomic mass is 79.9. The number of halogens is 2. The minimum Gasteiger partial charge on any atom is -0.351 e. The van der Waals surface area contributed by atoms with Gasteiger partial charge in [0.25, 0.3) is 0 Å². The number of alkyl halides is 1. The largest absolute Gasteiger partial charge is 0.351 e. The molecule has 0 aromatic heterocycles. The molecule has 0 aliphatic heterocycles. The number of hydrogen-bond donors (Lipinski definition) is 3. The fourth-order valence-corrected chi connectivity index (χ4v) is 0.894. The number of carbonyl (C=O) groups is 2. The number of carbonyl (C=O) groups excluding carboxylic acids is 2. The highest BCUT2D eigenvalue weighted by Gasteiger charge is 2.32. The maximum absolute atomic E-state index is 11.3. The average molecular weight is 291 g/mol. The number of nitrogens with one attached hydrogen (secondary N) is 1. The van der Waals surface area contributed by atoms with Gasteiger partial charge >= 0.3 is 6.03 Å². The summed E-state index contributed by atoms with van der Waals surface area (Å²) in [6.45, 7) is 3.72. The molecule has 0 rings (SSSR count). The first kappa shape index (κ1) is 19.3. The molecule has 0 unspecified atom stereocenters. The number of amides is 3. The predicted molar refractivity (Wildman–Crippen MR) is 62.2 cm³/mol. The molecule has 3 amide bonds. The van der Waals surface area contributed by atoms with E-state index in [2.05, 4.69) is 15.9 Å². The molecule has 0 bridgehead atoms. The maximum atomic E-state index is 11.3. The van der Waals surface area contributed by atoms with Crippen LogP contribution in [0.25, 0.3) is 0 Å². The molecule has 6 N–H and O–H groups in total. The van der Waals surface area contributed by atoms with Gasteiger partial charge in [-0.2, -0.15) is 0 Å². The normalized spacial score (nSPS) is 9.36. The Hall–Kier alpha value is -0.330. The minimum absolute atomic E-state index is 0. The zero-order valence-corrected chi connectivity index (χ0v) is 10.7. The lowest BCUT2D eigenvalue weighted by molar-refractivity contribution is -0.122. The third-order valence-electron chi connectivity index (χ3n) is 1.76. The van der Waals surface area contributed by atoms with Crippen LogP contribution in [0.3, 0.4) is 0 Å². The van der Waals surface area contributed by atoms with E-state index in [9.17, 15) is 9.59 Å². The van der Waals surface area contributed by atoms with Crippen LogP contribution in [0.2, 0.25) is 0 Å². The first-order chi connectivity index (χ1) is 5.46. The van der Waals surface area contributed by atoms with Gasteiger partial charge in [-0.05, 0) is 12.8 Å². The zero-order valence-electron chi connectivity index (χ0n) is 8.30. The first-order valence-electron chi connectivity index (χ1n) is 3.76. The Morgan fingerprint density at radius 1 is 1.36 bits per heavy atom. The molecule has 0 spiro atoms. The standard InChI is InChI=1S/C7H13BrN2O2.ClH.H3N/c1-3-7(8,4-2)5(11)10-6(9)12;;/h3-4H2,1-2H3,(H3,9,10,11,12);1H;1H3. The van der Waals surface area contributed by atoms with E-state index in [0.717, 1.165) is 0 Å². The second-order valence-corrected chi connectivity index (χ2v) is 4.01. The van der Waals surface area contributed by atoms with Gasteiger partial charge in [-0.1, -0.05) is 29.8 Å². The minimum atomic E-state index is -0.814. The van der Waals surface area contributed by atoms with Crippen molar-refractivity contribution in [3.8, 4) is 0 Å². The van der Waals surface area contributed by atoms with Crippen LogP contribution < -0.4 is 17.2 Å². The fourth-order valence-electron chi connectivity index (χ4n) is 0.795. The Bertz CT molecular complexity index is 197. The van der Waals surface area contributed by atoms with Crippen molar-refractivity contribution in [1.82, 2.24) is 11.5 Å². The summed E-state index contributed by atoms with van der Waals surface area (Å²) in [5.41, 5.74) is 4.81. The Balaban J connectivity index is -0.000000605. The quantitative estimate of drug-likeness (QED) is 0.689. The number of primary amides is 1. The molecule has 0 atom stereocenters. The van der Waals surface area contributed by atoms with Gasteiger partial charge in [-0.3, -0.25) is 10.1 Å². The highest BCUT2D eigenvalue weighted by Crippen LogP contribution is 2.26. The lowest BCUT2D eigenvalue weighted by Crippen LogP contribution is -2.46. The van der Waals surface area contributed by atoms with Crippen LogP contribution in [0.1, 0.15) is 26.7 Å². The molecule has 0 saturated carbocycles. The number of hydrogen-bond acceptors (Lipinski definition) is 3. The molecular weight excluding hydrogens is 273 g/mol. The topological polar surface area (TPSA) is 107 Å². The van der Waals surface area contributed by atoms with E-state index in [1.165, 1.54) is 0 Å². The summed E-state index contributed by atoms with van der Waals surface area (Å²) >= 11 is 3.26. The fraction of sp³-hybridized carbons (Fsp3) is 0.714. The van der Waals surface area contributed by atoms with Crippen LogP contribution in [0.4, 0.5) is 4.79 Å². The van der Waals surface area contributed by atoms with Crippen molar-refractivity contribution in [1.29, 1.82) is 0 Å². The third-order valence-corrected chi connectivity index (χ3v) is 3.25. The molecule has 0 aliphatic rings. The van der Waals surface area contributed by atoms with Crippen LogP contribution >= 0.6 is 28.3 Å². The lowest BCUT2D eigenvalue weighted by atomic mass is 10.0. The van der Waals surface area contributed by atoms with Gasteiger partial charge in [0.1, 0.15) is 4.32 Å². The summed E-state index contributed by atoms with van der Waals surface area (Å²) in [5.74, 6) is -0.375. The van der Waals surface area contributed by atoms with Crippen molar-refractivity contribution in [2.45, 2.75) is 31.0 Å². The van der Waals surface area contributed by atoms with Gasteiger partial charge in [0.2, 0.25) is 5.91 Å². The SMILES string of the molecule is CCC(Br)(CC)C(=O)NC(N)=O.Cl.N. The molecule has 86 valence electrons. The van der Waals surface area contributed by atoms with Crippen LogP contribution in [-0.2, 0) is 4.79 Å². The van der Waals surface area contributed by atoms with E-state index < -0.39 is 10.4 Å². The number of urea groups is 1. The second kappa shape index (κ2) is 8.02. The van der Waals surface area contributed by atoms with Gasteiger partial charge in [0, 0.05) is 0 Å². The number of rotatable bonds is 3. The van der Waals surface area contributed by atoms with Crippen molar-refractivity contribution in [2.24, 2.45) is 5.73 Å². The summed E-state index contributed by atoms with van der Waals surface area (Å²) in [6, 6.07) is -0.814. The molecule has 0 heterocycles. The van der Waals surface area contributed by atoms with Crippen molar-refractivity contribution in [3.63, 3.8) is 0 Å². The van der Waals surface area contributed by atoms with Gasteiger partial charge in [-0.15, -0.1) is 12.4 Å². The Labute approximate surface area is 98.3 Å². The molecule has 0 radical (unpaired) electrons. The van der Waals surface area contributed by atoms with E-state index in [0.29, 0.717) is 12.8 Å². The predicted octanol–water partition coefficient (Wildman–Crippen LogP) is 1.72. The zero-order chi connectivity index (χ0) is 9.78. The van der Waals surface area contributed by atoms with Crippen LogP contribution in [0.15, 0.2) is 0 Å². The van der Waals surface area contributed by atoms with Crippen molar-refractivity contribution in [2.75, 3.05) is 0 Å². The average Bonchev–Trinajstić information content (AvgIpc) is 2.02. The Morgan fingerprint density at radius 2 is 1.71 bits per heavy atom. The van der Waals surface area contributed by atoms with Gasteiger partial charge in [-0.25, -0.2) is 4.79 Å². The summed E-state index contributed by atoms with van der Waals surface area (Å²) in [4.78, 5) is 21.6. The smallest absolute Gasteiger partial charge is 0.318 e. The molecule has 0 aromatic rings. The number of nitrogens with two attached hydrogens (primary N) is 1. The third kappa shape index (κ3) is 5.41.